The van der Waals surface area contributed by atoms with Crippen molar-refractivity contribution < 1.29 is 14.3 Å². The molecule has 1 heterocycles. The second kappa shape index (κ2) is 6.42. The van der Waals surface area contributed by atoms with Crippen molar-refractivity contribution in [2.75, 3.05) is 6.61 Å². The molecule has 5 nitrogen and oxygen atoms in total. The summed E-state index contributed by atoms with van der Waals surface area (Å²) in [6.45, 7) is 7.95. The standard InChI is InChI=1S/C13H22N2O3/c1-5-9(6-2)11-10(12(16)18-7-3)8(4)14-13(17)15-11/h9,11H,5-7H2,1-4H3,(H2,14,15,17). The molecule has 18 heavy (non-hydrogen) atoms. The Hall–Kier alpha value is -1.52. The van der Waals surface area contributed by atoms with Crippen LogP contribution in [0.1, 0.15) is 40.5 Å². The zero-order valence-electron chi connectivity index (χ0n) is 11.5. The number of nitrogens with one attached hydrogen (secondary N) is 2. The maximum atomic E-state index is 12.0. The SMILES string of the molecule is CCOC(=O)C1=C(C)NC(=O)NC1C(CC)CC. The van der Waals surface area contributed by atoms with Crippen molar-refractivity contribution >= 4 is 12.0 Å². The van der Waals surface area contributed by atoms with E-state index in [-0.39, 0.29) is 24.0 Å². The monoisotopic (exact) mass is 254 g/mol. The van der Waals surface area contributed by atoms with Crippen molar-refractivity contribution in [3.05, 3.63) is 11.3 Å². The first kappa shape index (κ1) is 14.5. The van der Waals surface area contributed by atoms with E-state index in [1.807, 2.05) is 0 Å². The molecule has 0 aromatic carbocycles. The van der Waals surface area contributed by atoms with Crippen LogP contribution in [-0.4, -0.2) is 24.6 Å². The molecule has 102 valence electrons. The van der Waals surface area contributed by atoms with Gasteiger partial charge in [0.05, 0.1) is 18.2 Å². The maximum Gasteiger partial charge on any atom is 0.337 e. The Kier molecular flexibility index (Phi) is 5.19. The van der Waals surface area contributed by atoms with E-state index in [2.05, 4.69) is 24.5 Å². The van der Waals surface area contributed by atoms with Crippen LogP contribution in [0, 0.1) is 5.92 Å². The Bertz CT molecular complexity index is 359. The number of carbonyl (C=O) groups is 2. The van der Waals surface area contributed by atoms with Gasteiger partial charge in [0, 0.05) is 5.70 Å². The van der Waals surface area contributed by atoms with E-state index in [0.29, 0.717) is 17.9 Å². The lowest BCUT2D eigenvalue weighted by molar-refractivity contribution is -0.139. The summed E-state index contributed by atoms with van der Waals surface area (Å²) in [5, 5.41) is 5.46. The Labute approximate surface area is 108 Å². The minimum absolute atomic E-state index is 0.241. The van der Waals surface area contributed by atoms with Crippen LogP contribution < -0.4 is 10.6 Å². The summed E-state index contributed by atoms with van der Waals surface area (Å²) in [5.74, 6) is -0.107. The van der Waals surface area contributed by atoms with E-state index < -0.39 is 0 Å². The summed E-state index contributed by atoms with van der Waals surface area (Å²) in [6.07, 6.45) is 1.80. The highest BCUT2D eigenvalue weighted by atomic mass is 16.5. The minimum atomic E-state index is -0.348. The molecule has 1 rings (SSSR count). The van der Waals surface area contributed by atoms with Crippen molar-refractivity contribution in [2.24, 2.45) is 5.92 Å². The molecule has 0 bridgehead atoms. The number of rotatable bonds is 5. The molecular formula is C13H22N2O3. The van der Waals surface area contributed by atoms with Gasteiger partial charge in [-0.3, -0.25) is 0 Å². The zero-order valence-corrected chi connectivity index (χ0v) is 11.5. The lowest BCUT2D eigenvalue weighted by Crippen LogP contribution is -2.52. The predicted molar refractivity (Wildman–Crippen MR) is 68.9 cm³/mol. The van der Waals surface area contributed by atoms with Gasteiger partial charge < -0.3 is 15.4 Å². The Balaban J connectivity index is 3.07. The van der Waals surface area contributed by atoms with E-state index in [4.69, 9.17) is 4.74 Å². The number of hydrogen-bond donors (Lipinski definition) is 2. The zero-order chi connectivity index (χ0) is 13.7. The van der Waals surface area contributed by atoms with Crippen molar-refractivity contribution in [1.82, 2.24) is 10.6 Å². The van der Waals surface area contributed by atoms with Gasteiger partial charge in [-0.15, -0.1) is 0 Å². The van der Waals surface area contributed by atoms with Crippen LogP contribution in [0.15, 0.2) is 11.3 Å². The topological polar surface area (TPSA) is 67.4 Å². The fourth-order valence-corrected chi connectivity index (χ4v) is 2.32. The number of carbonyl (C=O) groups excluding carboxylic acids is 2. The molecule has 1 aliphatic heterocycles. The van der Waals surface area contributed by atoms with E-state index in [0.717, 1.165) is 12.8 Å². The third-order valence-corrected chi connectivity index (χ3v) is 3.32. The molecule has 0 aromatic heterocycles. The Morgan fingerprint density at radius 2 is 1.94 bits per heavy atom. The van der Waals surface area contributed by atoms with Crippen LogP contribution in [0.4, 0.5) is 4.79 Å². The smallest absolute Gasteiger partial charge is 0.337 e. The molecular weight excluding hydrogens is 232 g/mol. The number of esters is 1. The molecule has 2 N–H and O–H groups in total. The highest BCUT2D eigenvalue weighted by molar-refractivity contribution is 5.94. The normalized spacial score (nSPS) is 19.6. The van der Waals surface area contributed by atoms with Crippen molar-refractivity contribution in [3.63, 3.8) is 0 Å². The molecule has 1 unspecified atom stereocenters. The molecule has 0 aromatic rings. The van der Waals surface area contributed by atoms with Crippen molar-refractivity contribution in [1.29, 1.82) is 0 Å². The van der Waals surface area contributed by atoms with Crippen LogP contribution in [0.2, 0.25) is 0 Å². The number of ether oxygens (including phenoxy) is 1. The second-order valence-corrected chi connectivity index (χ2v) is 4.41. The second-order valence-electron chi connectivity index (χ2n) is 4.41. The third kappa shape index (κ3) is 3.03. The fraction of sp³-hybridized carbons (Fsp3) is 0.692. The average molecular weight is 254 g/mol. The molecule has 2 amide bonds. The maximum absolute atomic E-state index is 12.0. The summed E-state index contributed by atoms with van der Waals surface area (Å²) < 4.78 is 5.07. The average Bonchev–Trinajstić information content (AvgIpc) is 2.30. The summed E-state index contributed by atoms with van der Waals surface area (Å²) in [6, 6.07) is -0.509. The summed E-state index contributed by atoms with van der Waals surface area (Å²) in [4.78, 5) is 23.5. The minimum Gasteiger partial charge on any atom is -0.463 e. The van der Waals surface area contributed by atoms with Crippen molar-refractivity contribution in [2.45, 2.75) is 46.6 Å². The highest BCUT2D eigenvalue weighted by Gasteiger charge is 2.34. The van der Waals surface area contributed by atoms with Gasteiger partial charge in [0.25, 0.3) is 0 Å². The first-order valence-corrected chi connectivity index (χ1v) is 6.50. The molecule has 1 atom stereocenters. The summed E-state index contributed by atoms with van der Waals surface area (Å²) >= 11 is 0. The molecule has 0 spiro atoms. The molecule has 0 radical (unpaired) electrons. The van der Waals surface area contributed by atoms with E-state index in [1.165, 1.54) is 0 Å². The van der Waals surface area contributed by atoms with Crippen LogP contribution in [0.25, 0.3) is 0 Å². The summed E-state index contributed by atoms with van der Waals surface area (Å²) in [5.41, 5.74) is 1.14. The molecule has 0 saturated carbocycles. The largest absolute Gasteiger partial charge is 0.463 e. The predicted octanol–water partition coefficient (Wildman–Crippen LogP) is 1.94. The number of hydrogen-bond acceptors (Lipinski definition) is 3. The fourth-order valence-electron chi connectivity index (χ4n) is 2.32. The van der Waals surface area contributed by atoms with Gasteiger partial charge >= 0.3 is 12.0 Å². The van der Waals surface area contributed by atoms with Gasteiger partial charge in [-0.1, -0.05) is 26.7 Å². The quantitative estimate of drug-likeness (QED) is 0.737. The first-order chi connectivity index (χ1) is 8.54. The lowest BCUT2D eigenvalue weighted by Gasteiger charge is -2.32. The van der Waals surface area contributed by atoms with Gasteiger partial charge in [-0.05, 0) is 19.8 Å². The van der Waals surface area contributed by atoms with Crippen LogP contribution in [-0.2, 0) is 9.53 Å². The number of urea groups is 1. The van der Waals surface area contributed by atoms with Crippen LogP contribution in [0.3, 0.4) is 0 Å². The van der Waals surface area contributed by atoms with Crippen LogP contribution >= 0.6 is 0 Å². The van der Waals surface area contributed by atoms with E-state index in [9.17, 15) is 9.59 Å². The highest BCUT2D eigenvalue weighted by Crippen LogP contribution is 2.24. The number of amides is 2. The molecule has 0 aliphatic carbocycles. The van der Waals surface area contributed by atoms with Gasteiger partial charge in [-0.25, -0.2) is 9.59 Å². The Morgan fingerprint density at radius 1 is 1.33 bits per heavy atom. The first-order valence-electron chi connectivity index (χ1n) is 6.50. The van der Waals surface area contributed by atoms with Gasteiger partial charge in [0.1, 0.15) is 0 Å². The molecule has 5 heteroatoms. The molecule has 0 saturated heterocycles. The van der Waals surface area contributed by atoms with Gasteiger partial charge in [-0.2, -0.15) is 0 Å². The molecule has 0 fully saturated rings. The van der Waals surface area contributed by atoms with E-state index in [1.54, 1.807) is 13.8 Å². The van der Waals surface area contributed by atoms with Crippen molar-refractivity contribution in [3.8, 4) is 0 Å². The molecule has 1 aliphatic rings. The van der Waals surface area contributed by atoms with E-state index >= 15 is 0 Å². The lowest BCUT2D eigenvalue weighted by atomic mass is 9.87. The van der Waals surface area contributed by atoms with Gasteiger partial charge in [0.15, 0.2) is 0 Å². The van der Waals surface area contributed by atoms with Gasteiger partial charge in [0.2, 0.25) is 0 Å². The Morgan fingerprint density at radius 3 is 2.44 bits per heavy atom. The summed E-state index contributed by atoms with van der Waals surface area (Å²) in [7, 11) is 0. The third-order valence-electron chi connectivity index (χ3n) is 3.32. The van der Waals surface area contributed by atoms with Crippen LogP contribution in [0.5, 0.6) is 0 Å². The number of allylic oxidation sites excluding steroid dienone is 1.